The molecule has 0 aromatic heterocycles. The van der Waals surface area contributed by atoms with Gasteiger partial charge in [0.1, 0.15) is 5.75 Å². The lowest BCUT2D eigenvalue weighted by atomic mass is 10.1. The second kappa shape index (κ2) is 7.15. The highest BCUT2D eigenvalue weighted by Gasteiger charge is 2.13. The van der Waals surface area contributed by atoms with Gasteiger partial charge in [0, 0.05) is 25.2 Å². The van der Waals surface area contributed by atoms with E-state index in [1.165, 1.54) is 5.56 Å². The zero-order chi connectivity index (χ0) is 13.5. The predicted octanol–water partition coefficient (Wildman–Crippen LogP) is 0.838. The number of morpholine rings is 1. The first-order valence-electron chi connectivity index (χ1n) is 6.49. The Morgan fingerprint density at radius 1 is 1.37 bits per heavy atom. The molecule has 2 rings (SSSR count). The summed E-state index contributed by atoms with van der Waals surface area (Å²) in [6.07, 6.45) is 0. The van der Waals surface area contributed by atoms with Crippen LogP contribution >= 0.6 is 0 Å². The van der Waals surface area contributed by atoms with Crippen molar-refractivity contribution in [1.82, 2.24) is 4.90 Å². The van der Waals surface area contributed by atoms with Gasteiger partial charge in [0.05, 0.1) is 26.9 Å². The average Bonchev–Trinajstić information content (AvgIpc) is 2.47. The normalized spacial score (nSPS) is 15.7. The molecule has 1 fully saturated rings. The number of methoxy groups -OCH3 is 1. The number of rotatable bonds is 3. The average molecular weight is 260 g/mol. The van der Waals surface area contributed by atoms with Crippen molar-refractivity contribution in [3.05, 3.63) is 29.3 Å². The van der Waals surface area contributed by atoms with Gasteiger partial charge in [-0.1, -0.05) is 11.8 Å². The summed E-state index contributed by atoms with van der Waals surface area (Å²) < 4.78 is 10.7. The first-order chi connectivity index (χ1) is 9.33. The maximum atomic E-state index is 5.44. The van der Waals surface area contributed by atoms with Crippen LogP contribution in [0.2, 0.25) is 0 Å². The zero-order valence-electron chi connectivity index (χ0n) is 11.3. The van der Waals surface area contributed by atoms with Gasteiger partial charge in [0.15, 0.2) is 0 Å². The largest absolute Gasteiger partial charge is 0.497 e. The molecule has 0 amide bonds. The topological polar surface area (TPSA) is 47.7 Å². The van der Waals surface area contributed by atoms with E-state index in [4.69, 9.17) is 15.2 Å². The van der Waals surface area contributed by atoms with Gasteiger partial charge in [-0.05, 0) is 23.8 Å². The molecule has 19 heavy (non-hydrogen) atoms. The van der Waals surface area contributed by atoms with Crippen LogP contribution in [0.3, 0.4) is 0 Å². The van der Waals surface area contributed by atoms with Crippen molar-refractivity contribution in [2.24, 2.45) is 5.73 Å². The minimum atomic E-state index is 0.378. The third-order valence-electron chi connectivity index (χ3n) is 3.14. The molecule has 102 valence electrons. The van der Waals surface area contributed by atoms with E-state index in [1.807, 2.05) is 12.1 Å². The molecule has 0 unspecified atom stereocenters. The molecule has 1 heterocycles. The number of ether oxygens (including phenoxy) is 2. The predicted molar refractivity (Wildman–Crippen MR) is 75.0 cm³/mol. The van der Waals surface area contributed by atoms with Gasteiger partial charge in [-0.25, -0.2) is 0 Å². The summed E-state index contributed by atoms with van der Waals surface area (Å²) in [7, 11) is 1.68. The van der Waals surface area contributed by atoms with E-state index in [9.17, 15) is 0 Å². The Hall–Kier alpha value is -1.54. The van der Waals surface area contributed by atoms with Crippen LogP contribution in [0, 0.1) is 11.8 Å². The van der Waals surface area contributed by atoms with Crippen LogP contribution in [0.4, 0.5) is 0 Å². The molecule has 2 N–H and O–H groups in total. The molecule has 1 aromatic rings. The lowest BCUT2D eigenvalue weighted by Gasteiger charge is -2.27. The lowest BCUT2D eigenvalue weighted by molar-refractivity contribution is 0.0341. The fourth-order valence-corrected chi connectivity index (χ4v) is 2.10. The molecule has 0 aliphatic carbocycles. The highest BCUT2D eigenvalue weighted by atomic mass is 16.5. The van der Waals surface area contributed by atoms with E-state index in [0.717, 1.165) is 44.2 Å². The van der Waals surface area contributed by atoms with E-state index in [1.54, 1.807) is 7.11 Å². The van der Waals surface area contributed by atoms with Gasteiger partial charge in [-0.15, -0.1) is 0 Å². The van der Waals surface area contributed by atoms with Crippen molar-refractivity contribution in [2.45, 2.75) is 6.54 Å². The van der Waals surface area contributed by atoms with Gasteiger partial charge in [0.2, 0.25) is 0 Å². The minimum Gasteiger partial charge on any atom is -0.497 e. The maximum Gasteiger partial charge on any atom is 0.119 e. The van der Waals surface area contributed by atoms with Crippen LogP contribution in [-0.4, -0.2) is 44.9 Å². The fourth-order valence-electron chi connectivity index (χ4n) is 2.10. The van der Waals surface area contributed by atoms with E-state index < -0.39 is 0 Å². The molecule has 1 saturated heterocycles. The van der Waals surface area contributed by atoms with E-state index in [0.29, 0.717) is 6.54 Å². The number of nitrogens with zero attached hydrogens (tertiary/aromatic N) is 1. The van der Waals surface area contributed by atoms with Crippen molar-refractivity contribution < 1.29 is 9.47 Å². The van der Waals surface area contributed by atoms with Crippen LogP contribution in [0.15, 0.2) is 18.2 Å². The molecule has 0 saturated carbocycles. The van der Waals surface area contributed by atoms with Gasteiger partial charge < -0.3 is 15.2 Å². The molecule has 1 aliphatic heterocycles. The molecular weight excluding hydrogens is 240 g/mol. The summed E-state index contributed by atoms with van der Waals surface area (Å²) in [6, 6.07) is 5.98. The summed E-state index contributed by atoms with van der Waals surface area (Å²) in [5, 5.41) is 0. The second-order valence-corrected chi connectivity index (χ2v) is 4.42. The molecular formula is C15H20N2O2. The summed E-state index contributed by atoms with van der Waals surface area (Å²) in [5.74, 6) is 6.90. The zero-order valence-corrected chi connectivity index (χ0v) is 11.3. The van der Waals surface area contributed by atoms with E-state index in [2.05, 4.69) is 22.8 Å². The Morgan fingerprint density at radius 2 is 2.16 bits per heavy atom. The van der Waals surface area contributed by atoms with Crippen LogP contribution in [0.5, 0.6) is 5.75 Å². The SMILES string of the molecule is COc1ccc(C#CCN)c(CN2CCOCC2)c1. The smallest absolute Gasteiger partial charge is 0.119 e. The first kappa shape index (κ1) is 13.9. The number of hydrogen-bond acceptors (Lipinski definition) is 4. The first-order valence-corrected chi connectivity index (χ1v) is 6.49. The van der Waals surface area contributed by atoms with Crippen LogP contribution in [0.25, 0.3) is 0 Å². The summed E-state index contributed by atoms with van der Waals surface area (Å²) in [5.41, 5.74) is 7.65. The summed E-state index contributed by atoms with van der Waals surface area (Å²) >= 11 is 0. The Labute approximate surface area is 114 Å². The Bertz CT molecular complexity index is 471. The van der Waals surface area contributed by atoms with Crippen molar-refractivity contribution in [3.63, 3.8) is 0 Å². The van der Waals surface area contributed by atoms with Crippen LogP contribution in [0.1, 0.15) is 11.1 Å². The molecule has 0 bridgehead atoms. The standard InChI is InChI=1S/C15H20N2O2/c1-18-15-5-4-13(3-2-6-16)14(11-15)12-17-7-9-19-10-8-17/h4-5,11H,6-10,12,16H2,1H3. The van der Waals surface area contributed by atoms with Gasteiger partial charge in [-0.3, -0.25) is 4.90 Å². The van der Waals surface area contributed by atoms with Gasteiger partial charge in [-0.2, -0.15) is 0 Å². The summed E-state index contributed by atoms with van der Waals surface area (Å²) in [6.45, 7) is 4.77. The third kappa shape index (κ3) is 3.97. The molecule has 4 heteroatoms. The molecule has 0 atom stereocenters. The number of benzene rings is 1. The van der Waals surface area contributed by atoms with Crippen molar-refractivity contribution in [2.75, 3.05) is 40.0 Å². The second-order valence-electron chi connectivity index (χ2n) is 4.42. The fraction of sp³-hybridized carbons (Fsp3) is 0.467. The minimum absolute atomic E-state index is 0.378. The molecule has 1 aliphatic rings. The molecule has 0 radical (unpaired) electrons. The maximum absolute atomic E-state index is 5.44. The van der Waals surface area contributed by atoms with Crippen LogP contribution in [-0.2, 0) is 11.3 Å². The third-order valence-corrected chi connectivity index (χ3v) is 3.14. The van der Waals surface area contributed by atoms with Crippen LogP contribution < -0.4 is 10.5 Å². The Kier molecular flexibility index (Phi) is 5.22. The molecule has 1 aromatic carbocycles. The Morgan fingerprint density at radius 3 is 2.84 bits per heavy atom. The number of nitrogens with two attached hydrogens (primary N) is 1. The van der Waals surface area contributed by atoms with E-state index >= 15 is 0 Å². The quantitative estimate of drug-likeness (QED) is 0.818. The van der Waals surface area contributed by atoms with E-state index in [-0.39, 0.29) is 0 Å². The highest BCUT2D eigenvalue weighted by Crippen LogP contribution is 2.19. The highest BCUT2D eigenvalue weighted by molar-refractivity contribution is 5.45. The summed E-state index contributed by atoms with van der Waals surface area (Å²) in [4.78, 5) is 2.37. The molecule has 4 nitrogen and oxygen atoms in total. The van der Waals surface area contributed by atoms with Gasteiger partial charge >= 0.3 is 0 Å². The monoisotopic (exact) mass is 260 g/mol. The Balaban J connectivity index is 2.18. The number of hydrogen-bond donors (Lipinski definition) is 1. The van der Waals surface area contributed by atoms with Crippen molar-refractivity contribution >= 4 is 0 Å². The molecule has 0 spiro atoms. The van der Waals surface area contributed by atoms with Gasteiger partial charge in [0.25, 0.3) is 0 Å². The van der Waals surface area contributed by atoms with Crippen molar-refractivity contribution in [1.29, 1.82) is 0 Å². The lowest BCUT2D eigenvalue weighted by Crippen LogP contribution is -2.35. The van der Waals surface area contributed by atoms with Crippen molar-refractivity contribution in [3.8, 4) is 17.6 Å².